The van der Waals surface area contributed by atoms with Crippen LogP contribution in [0.15, 0.2) is 36.9 Å². The second-order valence-corrected chi connectivity index (χ2v) is 5.85. The van der Waals surface area contributed by atoms with Crippen molar-refractivity contribution >= 4 is 40.5 Å². The minimum Gasteiger partial charge on any atom is -0.479 e. The maximum atomic E-state index is 14.4. The summed E-state index contributed by atoms with van der Waals surface area (Å²) < 4.78 is 19.7. The van der Waals surface area contributed by atoms with Gasteiger partial charge < -0.3 is 4.74 Å². The molecule has 0 fully saturated rings. The molecule has 0 radical (unpaired) electrons. The lowest BCUT2D eigenvalue weighted by Gasteiger charge is -2.19. The first-order valence-corrected chi connectivity index (χ1v) is 7.58. The Morgan fingerprint density at radius 2 is 2.00 bits per heavy atom. The van der Waals surface area contributed by atoms with Crippen LogP contribution in [0.1, 0.15) is 15.9 Å². The van der Waals surface area contributed by atoms with Gasteiger partial charge in [0.2, 0.25) is 0 Å². The summed E-state index contributed by atoms with van der Waals surface area (Å²) in [4.78, 5) is 13.8. The molecule has 0 atom stereocenters. The Kier molecular flexibility index (Phi) is 4.23. The predicted octanol–water partition coefficient (Wildman–Crippen LogP) is 4.78. The molecule has 0 N–H and O–H groups in total. The summed E-state index contributed by atoms with van der Waals surface area (Å²) in [6.45, 7) is 3.84. The Morgan fingerprint density at radius 3 is 2.71 bits per heavy atom. The molecule has 24 heavy (non-hydrogen) atoms. The molecule has 1 amide bonds. The van der Waals surface area contributed by atoms with Gasteiger partial charge in [0.05, 0.1) is 16.4 Å². The van der Waals surface area contributed by atoms with Crippen molar-refractivity contribution in [2.24, 2.45) is 0 Å². The fourth-order valence-corrected chi connectivity index (χ4v) is 2.86. The van der Waals surface area contributed by atoms with Crippen LogP contribution < -0.4 is 9.64 Å². The third-order valence-corrected chi connectivity index (χ3v) is 4.08. The minimum absolute atomic E-state index is 0.0197. The minimum atomic E-state index is -0.679. The highest BCUT2D eigenvalue weighted by Gasteiger charge is 2.34. The molecule has 3 nitrogen and oxygen atoms in total. The van der Waals surface area contributed by atoms with E-state index in [9.17, 15) is 9.18 Å². The zero-order chi connectivity index (χ0) is 17.4. The highest BCUT2D eigenvalue weighted by molar-refractivity contribution is 6.33. The van der Waals surface area contributed by atoms with E-state index in [-0.39, 0.29) is 23.1 Å². The van der Waals surface area contributed by atoms with Crippen molar-refractivity contribution in [1.29, 1.82) is 0 Å². The number of benzene rings is 2. The molecule has 1 aliphatic heterocycles. The largest absolute Gasteiger partial charge is 0.479 e. The number of carbonyl (C=O) groups excluding carboxylic acids is 1. The summed E-state index contributed by atoms with van der Waals surface area (Å²) >= 11 is 11.9. The molecule has 0 aromatic heterocycles. The van der Waals surface area contributed by atoms with Gasteiger partial charge in [0.25, 0.3) is 5.91 Å². The lowest BCUT2D eigenvalue weighted by Crippen LogP contribution is -2.23. The molecule has 0 aliphatic carbocycles. The molecular formula is C18H10Cl2FNO2. The lowest BCUT2D eigenvalue weighted by atomic mass is 10.1. The van der Waals surface area contributed by atoms with Crippen molar-refractivity contribution in [3.8, 4) is 18.1 Å². The highest BCUT2D eigenvalue weighted by atomic mass is 35.5. The number of anilines is 1. The third-order valence-electron chi connectivity index (χ3n) is 3.55. The SMILES string of the molecule is C#CCOc1cc(N2C(=C)c3cc(Cl)ccc3C2=O)c(F)cc1Cl. The van der Waals surface area contributed by atoms with E-state index in [0.29, 0.717) is 21.8 Å². The Bertz CT molecular complexity index is 918. The van der Waals surface area contributed by atoms with E-state index in [4.69, 9.17) is 34.4 Å². The van der Waals surface area contributed by atoms with Gasteiger partial charge in [-0.15, -0.1) is 6.42 Å². The van der Waals surface area contributed by atoms with Crippen LogP contribution in [-0.2, 0) is 0 Å². The number of terminal acetylenes is 1. The van der Waals surface area contributed by atoms with E-state index in [0.717, 1.165) is 11.0 Å². The monoisotopic (exact) mass is 361 g/mol. The van der Waals surface area contributed by atoms with E-state index in [1.54, 1.807) is 18.2 Å². The quantitative estimate of drug-likeness (QED) is 0.736. The number of hydrogen-bond acceptors (Lipinski definition) is 2. The standard InChI is InChI=1S/C18H10Cl2FNO2/c1-3-6-24-17-9-16(15(21)8-14(17)20)22-10(2)13-7-11(19)4-5-12(13)18(22)23/h1,4-5,7-9H,2,6H2. The van der Waals surface area contributed by atoms with Crippen LogP contribution in [0.5, 0.6) is 5.75 Å². The van der Waals surface area contributed by atoms with Crippen molar-refractivity contribution in [1.82, 2.24) is 0 Å². The number of fused-ring (bicyclic) bond motifs is 1. The van der Waals surface area contributed by atoms with Crippen molar-refractivity contribution < 1.29 is 13.9 Å². The number of carbonyl (C=O) groups is 1. The Balaban J connectivity index is 2.09. The molecule has 120 valence electrons. The first-order valence-electron chi connectivity index (χ1n) is 6.82. The molecule has 1 heterocycles. The van der Waals surface area contributed by atoms with Crippen LogP contribution in [0, 0.1) is 18.2 Å². The van der Waals surface area contributed by atoms with Crippen LogP contribution in [0.2, 0.25) is 10.0 Å². The van der Waals surface area contributed by atoms with Crippen LogP contribution in [-0.4, -0.2) is 12.5 Å². The lowest BCUT2D eigenvalue weighted by molar-refractivity contribution is 0.100. The number of ether oxygens (including phenoxy) is 1. The molecule has 0 spiro atoms. The Labute approximate surface area is 148 Å². The average Bonchev–Trinajstić information content (AvgIpc) is 2.78. The van der Waals surface area contributed by atoms with Crippen molar-refractivity contribution in [3.05, 3.63) is 63.9 Å². The number of hydrogen-bond donors (Lipinski definition) is 0. The molecule has 1 aliphatic rings. The van der Waals surface area contributed by atoms with Crippen LogP contribution in [0.25, 0.3) is 5.70 Å². The van der Waals surface area contributed by atoms with Crippen LogP contribution in [0.4, 0.5) is 10.1 Å². The van der Waals surface area contributed by atoms with E-state index in [1.165, 1.54) is 6.07 Å². The molecule has 2 aromatic rings. The summed E-state index contributed by atoms with van der Waals surface area (Å²) in [5.41, 5.74) is 1.24. The summed E-state index contributed by atoms with van der Waals surface area (Å²) in [5, 5.41) is 0.517. The van der Waals surface area contributed by atoms with Gasteiger partial charge >= 0.3 is 0 Å². The number of nitrogens with zero attached hydrogens (tertiary/aromatic N) is 1. The normalized spacial score (nSPS) is 13.0. The fourth-order valence-electron chi connectivity index (χ4n) is 2.48. The number of halogens is 3. The number of amides is 1. The van der Waals surface area contributed by atoms with Gasteiger partial charge in [-0.3, -0.25) is 9.69 Å². The summed E-state index contributed by atoms with van der Waals surface area (Å²) in [6, 6.07) is 7.18. The summed E-state index contributed by atoms with van der Waals surface area (Å²) in [5.74, 6) is 1.39. The van der Waals surface area contributed by atoms with E-state index in [1.807, 2.05) is 0 Å². The maximum absolute atomic E-state index is 14.4. The van der Waals surface area contributed by atoms with Gasteiger partial charge in [0.1, 0.15) is 18.2 Å². The van der Waals surface area contributed by atoms with Crippen molar-refractivity contribution in [2.75, 3.05) is 11.5 Å². The van der Waals surface area contributed by atoms with Gasteiger partial charge in [-0.2, -0.15) is 0 Å². The van der Waals surface area contributed by atoms with E-state index in [2.05, 4.69) is 12.5 Å². The van der Waals surface area contributed by atoms with E-state index >= 15 is 0 Å². The topological polar surface area (TPSA) is 29.5 Å². The van der Waals surface area contributed by atoms with Crippen LogP contribution >= 0.6 is 23.2 Å². The van der Waals surface area contributed by atoms with Crippen molar-refractivity contribution in [3.63, 3.8) is 0 Å². The summed E-state index contributed by atoms with van der Waals surface area (Å²) in [7, 11) is 0. The second-order valence-electron chi connectivity index (χ2n) is 5.00. The smallest absolute Gasteiger partial charge is 0.263 e. The van der Waals surface area contributed by atoms with Gasteiger partial charge in [-0.1, -0.05) is 35.7 Å². The zero-order valence-corrected chi connectivity index (χ0v) is 13.8. The maximum Gasteiger partial charge on any atom is 0.263 e. The third kappa shape index (κ3) is 2.62. The van der Waals surface area contributed by atoms with Gasteiger partial charge in [-0.25, -0.2) is 4.39 Å². The molecule has 2 aromatic carbocycles. The zero-order valence-electron chi connectivity index (χ0n) is 12.3. The number of rotatable bonds is 3. The molecule has 0 saturated carbocycles. The second kappa shape index (κ2) is 6.20. The molecule has 0 saturated heterocycles. The first kappa shape index (κ1) is 16.4. The van der Waals surface area contributed by atoms with E-state index < -0.39 is 11.7 Å². The highest BCUT2D eigenvalue weighted by Crippen LogP contribution is 2.41. The van der Waals surface area contributed by atoms with Crippen molar-refractivity contribution in [2.45, 2.75) is 0 Å². The molecule has 6 heteroatoms. The first-order chi connectivity index (χ1) is 11.4. The molecular weight excluding hydrogens is 352 g/mol. The fraction of sp³-hybridized carbons (Fsp3) is 0.0556. The Morgan fingerprint density at radius 1 is 1.25 bits per heavy atom. The van der Waals surface area contributed by atoms with Gasteiger partial charge in [-0.05, 0) is 24.3 Å². The molecule has 0 bridgehead atoms. The van der Waals surface area contributed by atoms with Gasteiger partial charge in [0, 0.05) is 22.2 Å². The van der Waals surface area contributed by atoms with Crippen LogP contribution in [0.3, 0.4) is 0 Å². The Hall–Kier alpha value is -2.48. The summed E-state index contributed by atoms with van der Waals surface area (Å²) in [6.07, 6.45) is 5.15. The predicted molar refractivity (Wildman–Crippen MR) is 93.0 cm³/mol. The van der Waals surface area contributed by atoms with Gasteiger partial charge in [0.15, 0.2) is 0 Å². The molecule has 0 unspecified atom stereocenters. The molecule has 3 rings (SSSR count). The average molecular weight is 362 g/mol.